The van der Waals surface area contributed by atoms with Crippen molar-refractivity contribution in [2.24, 2.45) is 16.7 Å². The van der Waals surface area contributed by atoms with Crippen LogP contribution in [0.3, 0.4) is 0 Å². The Morgan fingerprint density at radius 2 is 2.16 bits per heavy atom. The largest absolute Gasteiger partial charge is 0.366 e. The smallest absolute Gasteiger partial charge is 0.252 e. The highest BCUT2D eigenvalue weighted by Crippen LogP contribution is 2.62. The van der Waals surface area contributed by atoms with Crippen LogP contribution in [0.15, 0.2) is 10.9 Å². The van der Waals surface area contributed by atoms with Crippen molar-refractivity contribution < 1.29 is 0 Å². The predicted octanol–water partition coefficient (Wildman–Crippen LogP) is 2.71. The molecule has 0 amide bonds. The molecule has 2 fully saturated rings. The van der Waals surface area contributed by atoms with E-state index in [0.717, 1.165) is 5.92 Å². The van der Waals surface area contributed by atoms with Gasteiger partial charge in [-0.2, -0.15) is 0 Å². The average molecular weight is 261 g/mol. The quantitative estimate of drug-likeness (QED) is 0.860. The Balaban J connectivity index is 1.92. The molecule has 1 aromatic heterocycles. The number of hydrogen-bond donors (Lipinski definition) is 2. The molecular weight excluding hydrogens is 238 g/mol. The molecule has 19 heavy (non-hydrogen) atoms. The molecule has 1 heterocycles. The highest BCUT2D eigenvalue weighted by atomic mass is 16.1. The maximum atomic E-state index is 11.6. The molecule has 0 saturated heterocycles. The third-order valence-corrected chi connectivity index (χ3v) is 5.42. The van der Waals surface area contributed by atoms with E-state index in [-0.39, 0.29) is 11.0 Å². The van der Waals surface area contributed by atoms with Gasteiger partial charge in [-0.25, -0.2) is 4.98 Å². The zero-order valence-corrected chi connectivity index (χ0v) is 12.2. The van der Waals surface area contributed by atoms with Gasteiger partial charge >= 0.3 is 0 Å². The van der Waals surface area contributed by atoms with E-state index in [0.29, 0.717) is 23.1 Å². The van der Waals surface area contributed by atoms with E-state index >= 15 is 0 Å². The summed E-state index contributed by atoms with van der Waals surface area (Å²) >= 11 is 0. The second-order valence-electron chi connectivity index (χ2n) is 7.21. The maximum absolute atomic E-state index is 11.6. The van der Waals surface area contributed by atoms with E-state index in [2.05, 4.69) is 36.1 Å². The van der Waals surface area contributed by atoms with Crippen LogP contribution in [0.1, 0.15) is 45.9 Å². The number of nitrogens with one attached hydrogen (secondary N) is 2. The summed E-state index contributed by atoms with van der Waals surface area (Å²) in [7, 11) is 0. The molecule has 2 aliphatic rings. The summed E-state index contributed by atoms with van der Waals surface area (Å²) in [5, 5.41) is 3.55. The maximum Gasteiger partial charge on any atom is 0.252 e. The van der Waals surface area contributed by atoms with E-state index in [9.17, 15) is 4.79 Å². The Labute approximate surface area is 114 Å². The van der Waals surface area contributed by atoms with Crippen molar-refractivity contribution in [1.82, 2.24) is 9.97 Å². The molecule has 3 rings (SSSR count). The highest BCUT2D eigenvalue weighted by molar-refractivity contribution is 5.37. The van der Waals surface area contributed by atoms with Gasteiger partial charge in [0, 0.05) is 12.1 Å². The van der Waals surface area contributed by atoms with Crippen LogP contribution < -0.4 is 10.9 Å². The monoisotopic (exact) mass is 261 g/mol. The molecule has 3 atom stereocenters. The molecule has 2 saturated carbocycles. The second-order valence-corrected chi connectivity index (χ2v) is 7.21. The van der Waals surface area contributed by atoms with Crippen molar-refractivity contribution in [2.45, 2.75) is 53.0 Å². The van der Waals surface area contributed by atoms with Crippen LogP contribution in [-0.2, 0) is 0 Å². The third-order valence-electron chi connectivity index (χ3n) is 5.42. The minimum atomic E-state index is -0.0823. The van der Waals surface area contributed by atoms with Crippen LogP contribution >= 0.6 is 0 Å². The molecule has 0 spiro atoms. The molecule has 3 unspecified atom stereocenters. The fourth-order valence-electron chi connectivity index (χ4n) is 4.46. The molecule has 104 valence electrons. The van der Waals surface area contributed by atoms with E-state index in [1.165, 1.54) is 19.3 Å². The van der Waals surface area contributed by atoms with Gasteiger partial charge in [-0.1, -0.05) is 20.8 Å². The van der Waals surface area contributed by atoms with Crippen molar-refractivity contribution in [3.63, 3.8) is 0 Å². The van der Waals surface area contributed by atoms with Gasteiger partial charge in [-0.05, 0) is 42.9 Å². The molecule has 2 aliphatic carbocycles. The van der Waals surface area contributed by atoms with Gasteiger partial charge < -0.3 is 10.3 Å². The van der Waals surface area contributed by atoms with Crippen LogP contribution in [0.5, 0.6) is 0 Å². The highest BCUT2D eigenvalue weighted by Gasteiger charge is 2.59. The molecule has 1 aromatic rings. The van der Waals surface area contributed by atoms with Crippen molar-refractivity contribution in [3.8, 4) is 0 Å². The third kappa shape index (κ3) is 1.88. The number of nitrogens with zero attached hydrogens (tertiary/aromatic N) is 1. The molecule has 4 nitrogen and oxygen atoms in total. The van der Waals surface area contributed by atoms with Gasteiger partial charge in [0.25, 0.3) is 5.56 Å². The second kappa shape index (κ2) is 3.84. The fourth-order valence-corrected chi connectivity index (χ4v) is 4.46. The summed E-state index contributed by atoms with van der Waals surface area (Å²) in [6, 6.07) is 1.96. The predicted molar refractivity (Wildman–Crippen MR) is 76.2 cm³/mol. The Bertz CT molecular complexity index is 558. The summed E-state index contributed by atoms with van der Waals surface area (Å²) in [5.74, 6) is 2.17. The number of hydrogen-bond acceptors (Lipinski definition) is 3. The first-order chi connectivity index (χ1) is 8.81. The molecular formula is C15H23N3O. The number of aryl methyl sites for hydroxylation is 1. The summed E-state index contributed by atoms with van der Waals surface area (Å²) in [5.41, 5.74) is 0.526. The summed E-state index contributed by atoms with van der Waals surface area (Å²) in [4.78, 5) is 18.7. The summed E-state index contributed by atoms with van der Waals surface area (Å²) in [6.07, 6.45) is 3.91. The first-order valence-electron chi connectivity index (χ1n) is 7.16. The van der Waals surface area contributed by atoms with Gasteiger partial charge in [0.15, 0.2) is 0 Å². The molecule has 0 aromatic carbocycles. The molecule has 0 radical (unpaired) electrons. The van der Waals surface area contributed by atoms with Gasteiger partial charge in [-0.3, -0.25) is 4.79 Å². The lowest BCUT2D eigenvalue weighted by molar-refractivity contribution is 0.155. The normalized spacial score (nSPS) is 35.6. The zero-order valence-electron chi connectivity index (χ0n) is 12.2. The SMILES string of the molecule is Cc1nc(NC2C3(C)CCC(C3)C2(C)C)cc(=O)[nH]1. The van der Waals surface area contributed by atoms with Crippen molar-refractivity contribution in [3.05, 3.63) is 22.2 Å². The molecule has 4 heteroatoms. The van der Waals surface area contributed by atoms with Crippen LogP contribution in [-0.4, -0.2) is 16.0 Å². The first kappa shape index (κ1) is 12.7. The molecule has 0 aliphatic heterocycles. The number of anilines is 1. The first-order valence-corrected chi connectivity index (χ1v) is 7.16. The Morgan fingerprint density at radius 1 is 1.42 bits per heavy atom. The van der Waals surface area contributed by atoms with Gasteiger partial charge in [0.05, 0.1) is 0 Å². The minimum absolute atomic E-state index is 0.0823. The fraction of sp³-hybridized carbons (Fsp3) is 0.733. The van der Waals surface area contributed by atoms with Crippen LogP contribution in [0.4, 0.5) is 5.82 Å². The van der Waals surface area contributed by atoms with E-state index in [1.54, 1.807) is 6.07 Å². The number of aromatic amines is 1. The summed E-state index contributed by atoms with van der Waals surface area (Å²) < 4.78 is 0. The topological polar surface area (TPSA) is 57.8 Å². The van der Waals surface area contributed by atoms with E-state index < -0.39 is 0 Å². The number of aromatic nitrogens is 2. The standard InChI is InChI=1S/C15H23N3O/c1-9-16-11(7-12(19)17-9)18-13-14(2,3)10-5-6-15(13,4)8-10/h7,10,13H,5-6,8H2,1-4H3,(H2,16,17,18,19). The Hall–Kier alpha value is -1.32. The lowest BCUT2D eigenvalue weighted by Gasteiger charge is -2.43. The average Bonchev–Trinajstić information content (AvgIpc) is 2.74. The van der Waals surface area contributed by atoms with E-state index in [1.807, 2.05) is 6.92 Å². The van der Waals surface area contributed by atoms with Crippen molar-refractivity contribution in [2.75, 3.05) is 5.32 Å². The Kier molecular flexibility index (Phi) is 2.57. The Morgan fingerprint density at radius 3 is 2.74 bits per heavy atom. The van der Waals surface area contributed by atoms with Crippen LogP contribution in [0.2, 0.25) is 0 Å². The van der Waals surface area contributed by atoms with Crippen LogP contribution in [0, 0.1) is 23.7 Å². The zero-order chi connectivity index (χ0) is 13.8. The van der Waals surface area contributed by atoms with Crippen LogP contribution in [0.25, 0.3) is 0 Å². The molecule has 2 N–H and O–H groups in total. The molecule has 2 bridgehead atoms. The summed E-state index contributed by atoms with van der Waals surface area (Å²) in [6.45, 7) is 8.89. The van der Waals surface area contributed by atoms with E-state index in [4.69, 9.17) is 0 Å². The van der Waals surface area contributed by atoms with Crippen molar-refractivity contribution in [1.29, 1.82) is 0 Å². The number of fused-ring (bicyclic) bond motifs is 2. The van der Waals surface area contributed by atoms with Gasteiger partial charge in [0.1, 0.15) is 11.6 Å². The van der Waals surface area contributed by atoms with Gasteiger partial charge in [-0.15, -0.1) is 0 Å². The minimum Gasteiger partial charge on any atom is -0.366 e. The lowest BCUT2D eigenvalue weighted by Crippen LogP contribution is -2.46. The van der Waals surface area contributed by atoms with Crippen molar-refractivity contribution >= 4 is 5.82 Å². The lowest BCUT2D eigenvalue weighted by atomic mass is 9.68. The number of rotatable bonds is 2. The number of H-pyrrole nitrogens is 1. The van der Waals surface area contributed by atoms with Gasteiger partial charge in [0.2, 0.25) is 0 Å².